The highest BCUT2D eigenvalue weighted by Gasteiger charge is 2.21. The van der Waals surface area contributed by atoms with E-state index >= 15 is 0 Å². The summed E-state index contributed by atoms with van der Waals surface area (Å²) >= 11 is 0. The molecule has 2 N–H and O–H groups in total. The third kappa shape index (κ3) is 6.99. The maximum Gasteiger partial charge on any atom is 0.338 e. The van der Waals surface area contributed by atoms with Gasteiger partial charge in [-0.3, -0.25) is 15.0 Å². The fourth-order valence-corrected chi connectivity index (χ4v) is 2.56. The van der Waals surface area contributed by atoms with Crippen LogP contribution in [-0.2, 0) is 20.8 Å². The third-order valence-corrected chi connectivity index (χ3v) is 4.01. The van der Waals surface area contributed by atoms with Gasteiger partial charge in [-0.2, -0.15) is 0 Å². The van der Waals surface area contributed by atoms with Crippen LogP contribution in [0.4, 0.5) is 4.79 Å². The Morgan fingerprint density at radius 2 is 1.74 bits per heavy atom. The van der Waals surface area contributed by atoms with E-state index in [1.165, 1.54) is 6.92 Å². The number of urea groups is 1. The summed E-state index contributed by atoms with van der Waals surface area (Å²) < 4.78 is 10.5. The van der Waals surface area contributed by atoms with E-state index in [1.807, 2.05) is 12.1 Å². The van der Waals surface area contributed by atoms with Gasteiger partial charge in [0.1, 0.15) is 0 Å². The molecule has 3 amide bonds. The molecule has 0 bridgehead atoms. The van der Waals surface area contributed by atoms with Crippen LogP contribution in [0.5, 0.6) is 0 Å². The number of ether oxygens (including phenoxy) is 2. The average molecular weight is 377 g/mol. The van der Waals surface area contributed by atoms with Gasteiger partial charge >= 0.3 is 12.0 Å². The van der Waals surface area contributed by atoms with Crippen molar-refractivity contribution in [2.45, 2.75) is 39.5 Å². The van der Waals surface area contributed by atoms with E-state index in [0.717, 1.165) is 38.4 Å². The van der Waals surface area contributed by atoms with Crippen molar-refractivity contribution in [1.82, 2.24) is 15.5 Å². The van der Waals surface area contributed by atoms with Gasteiger partial charge in [-0.15, -0.1) is 0 Å². The second kappa shape index (κ2) is 10.0. The van der Waals surface area contributed by atoms with Crippen LogP contribution in [-0.4, -0.2) is 61.3 Å². The molecule has 1 aliphatic heterocycles. The smallest absolute Gasteiger partial charge is 0.338 e. The highest BCUT2D eigenvalue weighted by atomic mass is 16.5. The number of morpholine rings is 1. The molecular weight excluding hydrogens is 350 g/mol. The number of imide groups is 1. The van der Waals surface area contributed by atoms with Crippen molar-refractivity contribution >= 4 is 17.9 Å². The summed E-state index contributed by atoms with van der Waals surface area (Å²) in [6.45, 7) is 9.01. The van der Waals surface area contributed by atoms with Gasteiger partial charge in [0.25, 0.3) is 5.91 Å². The fraction of sp³-hybridized carbons (Fsp3) is 0.526. The minimum absolute atomic E-state index is 0.105. The summed E-state index contributed by atoms with van der Waals surface area (Å²) in [6.07, 6.45) is -1.08. The van der Waals surface area contributed by atoms with Crippen molar-refractivity contribution in [3.63, 3.8) is 0 Å². The van der Waals surface area contributed by atoms with Crippen LogP contribution >= 0.6 is 0 Å². The predicted molar refractivity (Wildman–Crippen MR) is 99.2 cm³/mol. The lowest BCUT2D eigenvalue weighted by molar-refractivity contribution is -0.127. The summed E-state index contributed by atoms with van der Waals surface area (Å²) in [5.41, 5.74) is 1.44. The largest absolute Gasteiger partial charge is 0.449 e. The van der Waals surface area contributed by atoms with Gasteiger partial charge in [-0.25, -0.2) is 9.59 Å². The molecule has 0 unspecified atom stereocenters. The summed E-state index contributed by atoms with van der Waals surface area (Å²) in [6, 6.07) is 6.36. The SMILES string of the molecule is CC(C)NC(=O)NC(=O)[C@@H](C)OC(=O)c1ccc(CN2CCOCC2)cc1. The Hall–Kier alpha value is -2.45. The molecule has 0 aromatic heterocycles. The number of nitrogens with zero attached hydrogens (tertiary/aromatic N) is 1. The second-order valence-electron chi connectivity index (χ2n) is 6.75. The minimum Gasteiger partial charge on any atom is -0.449 e. The predicted octanol–water partition coefficient (Wildman–Crippen LogP) is 1.30. The minimum atomic E-state index is -1.08. The van der Waals surface area contributed by atoms with Crippen LogP contribution in [0, 0.1) is 0 Å². The lowest BCUT2D eigenvalue weighted by Gasteiger charge is -2.26. The molecule has 1 fully saturated rings. The maximum absolute atomic E-state index is 12.2. The lowest BCUT2D eigenvalue weighted by Crippen LogP contribution is -2.46. The molecule has 8 nitrogen and oxygen atoms in total. The first-order chi connectivity index (χ1) is 12.8. The Morgan fingerprint density at radius 1 is 1.11 bits per heavy atom. The summed E-state index contributed by atoms with van der Waals surface area (Å²) in [7, 11) is 0. The number of nitrogens with one attached hydrogen (secondary N) is 2. The molecule has 0 saturated carbocycles. The molecule has 2 rings (SSSR count). The molecule has 1 heterocycles. The van der Waals surface area contributed by atoms with Crippen molar-refractivity contribution in [3.8, 4) is 0 Å². The lowest BCUT2D eigenvalue weighted by atomic mass is 10.1. The van der Waals surface area contributed by atoms with E-state index in [2.05, 4.69) is 15.5 Å². The van der Waals surface area contributed by atoms with E-state index in [0.29, 0.717) is 5.56 Å². The molecule has 1 atom stereocenters. The normalized spacial score (nSPS) is 15.9. The molecule has 0 aliphatic carbocycles. The van der Waals surface area contributed by atoms with Crippen molar-refractivity contribution < 1.29 is 23.9 Å². The Labute approximate surface area is 159 Å². The molecule has 1 aliphatic rings. The van der Waals surface area contributed by atoms with Gasteiger partial charge in [0.05, 0.1) is 18.8 Å². The van der Waals surface area contributed by atoms with Crippen molar-refractivity contribution in [3.05, 3.63) is 35.4 Å². The van der Waals surface area contributed by atoms with Crippen LogP contribution < -0.4 is 10.6 Å². The van der Waals surface area contributed by atoms with Crippen LogP contribution in [0.2, 0.25) is 0 Å². The Balaban J connectivity index is 1.83. The van der Waals surface area contributed by atoms with E-state index in [-0.39, 0.29) is 6.04 Å². The van der Waals surface area contributed by atoms with Gasteiger partial charge in [0.15, 0.2) is 6.10 Å². The standard InChI is InChI=1S/C19H27N3O5/c1-13(2)20-19(25)21-17(23)14(3)27-18(24)16-6-4-15(5-7-16)12-22-8-10-26-11-9-22/h4-7,13-14H,8-12H2,1-3H3,(H2,20,21,23,25)/t14-/m1/s1. The third-order valence-electron chi connectivity index (χ3n) is 4.01. The van der Waals surface area contributed by atoms with Crippen molar-refractivity contribution in [2.75, 3.05) is 26.3 Å². The monoisotopic (exact) mass is 377 g/mol. The Kier molecular flexibility index (Phi) is 7.75. The van der Waals surface area contributed by atoms with Crippen LogP contribution in [0.15, 0.2) is 24.3 Å². The Morgan fingerprint density at radius 3 is 2.33 bits per heavy atom. The molecule has 1 aromatic carbocycles. The number of hydrogen-bond acceptors (Lipinski definition) is 6. The van der Waals surface area contributed by atoms with E-state index < -0.39 is 24.0 Å². The van der Waals surface area contributed by atoms with E-state index in [9.17, 15) is 14.4 Å². The van der Waals surface area contributed by atoms with E-state index in [1.54, 1.807) is 26.0 Å². The molecule has 27 heavy (non-hydrogen) atoms. The first-order valence-corrected chi connectivity index (χ1v) is 9.06. The number of esters is 1. The first kappa shape index (κ1) is 20.9. The first-order valence-electron chi connectivity index (χ1n) is 9.06. The molecule has 8 heteroatoms. The van der Waals surface area contributed by atoms with Crippen LogP contribution in [0.25, 0.3) is 0 Å². The van der Waals surface area contributed by atoms with Crippen molar-refractivity contribution in [2.24, 2.45) is 0 Å². The van der Waals surface area contributed by atoms with E-state index in [4.69, 9.17) is 9.47 Å². The zero-order valence-electron chi connectivity index (χ0n) is 16.0. The molecule has 1 saturated heterocycles. The van der Waals surface area contributed by atoms with Crippen LogP contribution in [0.3, 0.4) is 0 Å². The summed E-state index contributed by atoms with van der Waals surface area (Å²) in [4.78, 5) is 37.9. The number of benzene rings is 1. The number of carbonyl (C=O) groups is 3. The summed E-state index contributed by atoms with van der Waals surface area (Å²) in [5, 5.41) is 4.67. The van der Waals surface area contributed by atoms with Gasteiger partial charge in [-0.05, 0) is 38.5 Å². The highest BCUT2D eigenvalue weighted by Crippen LogP contribution is 2.11. The highest BCUT2D eigenvalue weighted by molar-refractivity contribution is 5.98. The molecular formula is C19H27N3O5. The summed E-state index contributed by atoms with van der Waals surface area (Å²) in [5.74, 6) is -1.29. The van der Waals surface area contributed by atoms with Crippen molar-refractivity contribution in [1.29, 1.82) is 0 Å². The van der Waals surface area contributed by atoms with Gasteiger partial charge in [0, 0.05) is 25.7 Å². The number of rotatable bonds is 6. The van der Waals surface area contributed by atoms with Gasteiger partial charge in [0.2, 0.25) is 0 Å². The van der Waals surface area contributed by atoms with Crippen LogP contribution in [0.1, 0.15) is 36.7 Å². The number of hydrogen-bond donors (Lipinski definition) is 2. The molecule has 0 radical (unpaired) electrons. The number of amides is 3. The molecule has 0 spiro atoms. The zero-order valence-corrected chi connectivity index (χ0v) is 16.0. The topological polar surface area (TPSA) is 97.0 Å². The number of carbonyl (C=O) groups excluding carboxylic acids is 3. The second-order valence-corrected chi connectivity index (χ2v) is 6.75. The average Bonchev–Trinajstić information content (AvgIpc) is 2.62. The van der Waals surface area contributed by atoms with Gasteiger partial charge in [-0.1, -0.05) is 12.1 Å². The van der Waals surface area contributed by atoms with Gasteiger partial charge < -0.3 is 14.8 Å². The zero-order chi connectivity index (χ0) is 19.8. The maximum atomic E-state index is 12.2. The Bertz CT molecular complexity index is 654. The molecule has 148 valence electrons. The molecule has 1 aromatic rings. The quantitative estimate of drug-likeness (QED) is 0.726. The fourth-order valence-electron chi connectivity index (χ4n) is 2.56.